The zero-order chi connectivity index (χ0) is 14.0. The number of anilines is 1. The van der Waals surface area contributed by atoms with Crippen molar-refractivity contribution in [3.63, 3.8) is 0 Å². The lowest BCUT2D eigenvalue weighted by Gasteiger charge is -2.18. The average molecular weight is 261 g/mol. The topological polar surface area (TPSA) is 52.5 Å². The number of hydrogen-bond acceptors (Lipinski definition) is 3. The Kier molecular flexibility index (Phi) is 3.60. The highest BCUT2D eigenvalue weighted by molar-refractivity contribution is 5.53. The fourth-order valence-electron chi connectivity index (χ4n) is 2.00. The smallest absolute Gasteiger partial charge is 0.124 e. The van der Waals surface area contributed by atoms with E-state index in [-0.39, 0.29) is 23.4 Å². The van der Waals surface area contributed by atoms with Crippen LogP contribution in [0.4, 0.5) is 10.1 Å². The van der Waals surface area contributed by atoms with E-state index < -0.39 is 0 Å². The van der Waals surface area contributed by atoms with Gasteiger partial charge in [0.1, 0.15) is 17.3 Å². The second-order valence-corrected chi connectivity index (χ2v) is 4.57. The number of phenols is 2. The Morgan fingerprint density at radius 2 is 1.84 bits per heavy atom. The predicted octanol–water partition coefficient (Wildman–Crippen LogP) is 3.72. The zero-order valence-electron chi connectivity index (χ0n) is 10.8. The minimum absolute atomic E-state index is 0.0198. The molecule has 3 nitrogen and oxygen atoms in total. The van der Waals surface area contributed by atoms with Gasteiger partial charge in [-0.1, -0.05) is 0 Å². The van der Waals surface area contributed by atoms with Crippen molar-refractivity contribution >= 4 is 5.69 Å². The quantitative estimate of drug-likeness (QED) is 0.789. The maximum Gasteiger partial charge on any atom is 0.124 e. The first-order valence-electron chi connectivity index (χ1n) is 6.02. The highest BCUT2D eigenvalue weighted by Crippen LogP contribution is 2.30. The molecule has 0 fully saturated rings. The minimum atomic E-state index is -0.275. The fourth-order valence-corrected chi connectivity index (χ4v) is 2.00. The Morgan fingerprint density at radius 1 is 1.11 bits per heavy atom. The van der Waals surface area contributed by atoms with E-state index in [9.17, 15) is 14.6 Å². The second-order valence-electron chi connectivity index (χ2n) is 4.57. The lowest BCUT2D eigenvalue weighted by molar-refractivity contribution is 0.444. The van der Waals surface area contributed by atoms with Gasteiger partial charge in [-0.2, -0.15) is 0 Å². The molecule has 0 radical (unpaired) electrons. The number of rotatable bonds is 3. The van der Waals surface area contributed by atoms with Crippen molar-refractivity contribution in [1.82, 2.24) is 0 Å². The first-order chi connectivity index (χ1) is 8.97. The number of aryl methyl sites for hydroxylation is 1. The van der Waals surface area contributed by atoms with E-state index in [0.717, 1.165) is 11.3 Å². The second kappa shape index (κ2) is 5.18. The van der Waals surface area contributed by atoms with Crippen LogP contribution in [0.5, 0.6) is 11.5 Å². The van der Waals surface area contributed by atoms with Crippen molar-refractivity contribution in [2.24, 2.45) is 0 Å². The third kappa shape index (κ3) is 2.96. The maximum atomic E-state index is 13.0. The van der Waals surface area contributed by atoms with Gasteiger partial charge in [0, 0.05) is 17.3 Å². The molecule has 0 saturated heterocycles. The van der Waals surface area contributed by atoms with Crippen molar-refractivity contribution in [2.45, 2.75) is 19.9 Å². The van der Waals surface area contributed by atoms with Crippen molar-refractivity contribution in [1.29, 1.82) is 0 Å². The van der Waals surface area contributed by atoms with E-state index >= 15 is 0 Å². The highest BCUT2D eigenvalue weighted by Gasteiger charge is 2.12. The number of hydrogen-bond donors (Lipinski definition) is 3. The van der Waals surface area contributed by atoms with E-state index in [1.54, 1.807) is 12.1 Å². The Labute approximate surface area is 111 Å². The van der Waals surface area contributed by atoms with Gasteiger partial charge in [-0.05, 0) is 49.7 Å². The van der Waals surface area contributed by atoms with Gasteiger partial charge in [0.2, 0.25) is 0 Å². The van der Waals surface area contributed by atoms with Crippen molar-refractivity contribution in [2.75, 3.05) is 5.32 Å². The summed E-state index contributed by atoms with van der Waals surface area (Å²) in [5.74, 6) is -0.227. The Morgan fingerprint density at radius 3 is 2.47 bits per heavy atom. The molecule has 2 rings (SSSR count). The third-order valence-corrected chi connectivity index (χ3v) is 3.04. The van der Waals surface area contributed by atoms with Crippen LogP contribution in [0.2, 0.25) is 0 Å². The molecule has 4 heteroatoms. The molecule has 0 aliphatic rings. The summed E-state index contributed by atoms with van der Waals surface area (Å²) in [6.07, 6.45) is 0. The van der Waals surface area contributed by atoms with E-state index in [2.05, 4.69) is 5.32 Å². The van der Waals surface area contributed by atoms with E-state index in [1.165, 1.54) is 24.3 Å². The van der Waals surface area contributed by atoms with Crippen LogP contribution in [-0.4, -0.2) is 10.2 Å². The van der Waals surface area contributed by atoms with Crippen molar-refractivity contribution < 1.29 is 14.6 Å². The normalized spacial score (nSPS) is 12.2. The SMILES string of the molecule is Cc1cc(F)ccc1NC(C)c1ccc(O)cc1O. The number of halogens is 1. The van der Waals surface area contributed by atoms with Crippen LogP contribution in [0.3, 0.4) is 0 Å². The lowest BCUT2D eigenvalue weighted by atomic mass is 10.1. The number of benzene rings is 2. The Balaban J connectivity index is 2.23. The van der Waals surface area contributed by atoms with Crippen molar-refractivity contribution in [3.05, 3.63) is 53.3 Å². The van der Waals surface area contributed by atoms with Gasteiger partial charge in [0.25, 0.3) is 0 Å². The predicted molar refractivity (Wildman–Crippen MR) is 72.9 cm³/mol. The molecule has 0 spiro atoms. The monoisotopic (exact) mass is 261 g/mol. The van der Waals surface area contributed by atoms with Crippen LogP contribution in [0.1, 0.15) is 24.1 Å². The third-order valence-electron chi connectivity index (χ3n) is 3.04. The molecule has 0 bridgehead atoms. The summed E-state index contributed by atoms with van der Waals surface area (Å²) < 4.78 is 13.0. The molecule has 19 heavy (non-hydrogen) atoms. The first-order valence-corrected chi connectivity index (χ1v) is 6.02. The number of phenolic OH excluding ortho intramolecular Hbond substituents is 2. The van der Waals surface area contributed by atoms with E-state index in [4.69, 9.17) is 0 Å². The summed E-state index contributed by atoms with van der Waals surface area (Å²) in [4.78, 5) is 0. The molecule has 0 saturated carbocycles. The molecule has 3 N–H and O–H groups in total. The Hall–Kier alpha value is -2.23. The molecule has 100 valence electrons. The van der Waals surface area contributed by atoms with Crippen LogP contribution >= 0.6 is 0 Å². The standard InChI is InChI=1S/C15H16FNO2/c1-9-7-11(16)3-6-14(9)17-10(2)13-5-4-12(18)8-15(13)19/h3-8,10,17-19H,1-2H3. The molecule has 1 atom stereocenters. The molecular weight excluding hydrogens is 245 g/mol. The van der Waals surface area contributed by atoms with Crippen molar-refractivity contribution in [3.8, 4) is 11.5 Å². The molecule has 0 aliphatic heterocycles. The van der Waals surface area contributed by atoms with Crippen LogP contribution in [0.15, 0.2) is 36.4 Å². The highest BCUT2D eigenvalue weighted by atomic mass is 19.1. The zero-order valence-corrected chi connectivity index (χ0v) is 10.8. The van der Waals surface area contributed by atoms with Gasteiger partial charge in [-0.25, -0.2) is 4.39 Å². The molecule has 0 amide bonds. The van der Waals surface area contributed by atoms with Gasteiger partial charge < -0.3 is 15.5 Å². The summed E-state index contributed by atoms with van der Waals surface area (Å²) in [6, 6.07) is 8.81. The summed E-state index contributed by atoms with van der Waals surface area (Å²) in [6.45, 7) is 3.70. The molecule has 0 aliphatic carbocycles. The van der Waals surface area contributed by atoms with Gasteiger partial charge >= 0.3 is 0 Å². The first kappa shape index (κ1) is 13.2. The number of nitrogens with one attached hydrogen (secondary N) is 1. The molecule has 0 aromatic heterocycles. The maximum absolute atomic E-state index is 13.0. The Bertz CT molecular complexity index is 599. The van der Waals surface area contributed by atoms with Gasteiger partial charge in [0.15, 0.2) is 0 Å². The fraction of sp³-hybridized carbons (Fsp3) is 0.200. The molecule has 1 unspecified atom stereocenters. The van der Waals surface area contributed by atoms with Crippen LogP contribution < -0.4 is 5.32 Å². The average Bonchev–Trinajstić information content (AvgIpc) is 2.32. The molecule has 2 aromatic rings. The number of aromatic hydroxyl groups is 2. The summed E-state index contributed by atoms with van der Waals surface area (Å²) in [7, 11) is 0. The van der Waals surface area contributed by atoms with Gasteiger partial charge in [0.05, 0.1) is 6.04 Å². The van der Waals surface area contributed by atoms with Crippen LogP contribution in [-0.2, 0) is 0 Å². The molecular formula is C15H16FNO2. The lowest BCUT2D eigenvalue weighted by Crippen LogP contribution is -2.08. The summed E-state index contributed by atoms with van der Waals surface area (Å²) in [5, 5.41) is 22.3. The molecule has 0 heterocycles. The van der Waals surface area contributed by atoms with Gasteiger partial charge in [-0.3, -0.25) is 0 Å². The van der Waals surface area contributed by atoms with E-state index in [0.29, 0.717) is 5.56 Å². The van der Waals surface area contributed by atoms with E-state index in [1.807, 2.05) is 13.8 Å². The van der Waals surface area contributed by atoms with Crippen LogP contribution in [0, 0.1) is 12.7 Å². The molecule has 2 aromatic carbocycles. The summed E-state index contributed by atoms with van der Waals surface area (Å²) in [5.41, 5.74) is 2.27. The van der Waals surface area contributed by atoms with Crippen LogP contribution in [0.25, 0.3) is 0 Å². The largest absolute Gasteiger partial charge is 0.508 e. The minimum Gasteiger partial charge on any atom is -0.508 e. The van der Waals surface area contributed by atoms with Gasteiger partial charge in [-0.15, -0.1) is 0 Å². The summed E-state index contributed by atoms with van der Waals surface area (Å²) >= 11 is 0.